The van der Waals surface area contributed by atoms with Crippen LogP contribution in [0.5, 0.6) is 0 Å². The fourth-order valence-corrected chi connectivity index (χ4v) is 2.32. The van der Waals surface area contributed by atoms with Gasteiger partial charge in [0.15, 0.2) is 0 Å². The highest BCUT2D eigenvalue weighted by Crippen LogP contribution is 2.45. The molecule has 0 aromatic carbocycles. The highest BCUT2D eigenvalue weighted by Gasteiger charge is 2.44. The van der Waals surface area contributed by atoms with E-state index in [1.807, 2.05) is 13.0 Å². The van der Waals surface area contributed by atoms with Gasteiger partial charge in [-0.15, -0.1) is 6.58 Å². The molecule has 0 N–H and O–H groups in total. The second kappa shape index (κ2) is 3.95. The van der Waals surface area contributed by atoms with E-state index in [9.17, 15) is 4.79 Å². The van der Waals surface area contributed by atoms with E-state index < -0.39 is 0 Å². The number of carbonyl (C=O) groups excluding carboxylic acids is 1. The SMILES string of the molecule is C=CC[C@@H]1CCC[C@]1(C)C(=O)OC. The van der Waals surface area contributed by atoms with Crippen molar-refractivity contribution in [2.45, 2.75) is 32.6 Å². The van der Waals surface area contributed by atoms with E-state index >= 15 is 0 Å². The third kappa shape index (κ3) is 1.77. The normalized spacial score (nSPS) is 32.9. The van der Waals surface area contributed by atoms with Crippen molar-refractivity contribution in [3.8, 4) is 0 Å². The molecule has 0 heterocycles. The summed E-state index contributed by atoms with van der Waals surface area (Å²) in [5, 5.41) is 0. The van der Waals surface area contributed by atoms with Crippen LogP contribution in [0.25, 0.3) is 0 Å². The molecular weight excluding hydrogens is 164 g/mol. The Kier molecular flexibility index (Phi) is 3.12. The van der Waals surface area contributed by atoms with Gasteiger partial charge in [0.2, 0.25) is 0 Å². The Labute approximate surface area is 80.0 Å². The molecule has 0 unspecified atom stereocenters. The summed E-state index contributed by atoms with van der Waals surface area (Å²) in [6, 6.07) is 0. The van der Waals surface area contributed by atoms with E-state index in [0.29, 0.717) is 5.92 Å². The van der Waals surface area contributed by atoms with Gasteiger partial charge >= 0.3 is 5.97 Å². The van der Waals surface area contributed by atoms with Gasteiger partial charge < -0.3 is 4.74 Å². The van der Waals surface area contributed by atoms with E-state index in [-0.39, 0.29) is 11.4 Å². The van der Waals surface area contributed by atoms with Crippen LogP contribution >= 0.6 is 0 Å². The van der Waals surface area contributed by atoms with Crippen molar-refractivity contribution in [3.05, 3.63) is 12.7 Å². The molecule has 2 nitrogen and oxygen atoms in total. The summed E-state index contributed by atoms with van der Waals surface area (Å²) >= 11 is 0. The monoisotopic (exact) mass is 182 g/mol. The maximum absolute atomic E-state index is 11.6. The van der Waals surface area contributed by atoms with Gasteiger partial charge in [0.25, 0.3) is 0 Å². The fourth-order valence-electron chi connectivity index (χ4n) is 2.32. The summed E-state index contributed by atoms with van der Waals surface area (Å²) in [5.74, 6) is 0.370. The van der Waals surface area contributed by atoms with Crippen molar-refractivity contribution in [1.82, 2.24) is 0 Å². The molecule has 1 aliphatic carbocycles. The first-order valence-electron chi connectivity index (χ1n) is 4.84. The third-order valence-electron chi connectivity index (χ3n) is 3.25. The molecule has 0 saturated heterocycles. The second-order valence-electron chi connectivity index (χ2n) is 4.02. The van der Waals surface area contributed by atoms with Gasteiger partial charge in [-0.25, -0.2) is 0 Å². The van der Waals surface area contributed by atoms with Crippen molar-refractivity contribution in [3.63, 3.8) is 0 Å². The van der Waals surface area contributed by atoms with Gasteiger partial charge in [0.05, 0.1) is 12.5 Å². The minimum atomic E-state index is -0.261. The molecule has 1 rings (SSSR count). The summed E-state index contributed by atoms with van der Waals surface area (Å²) in [7, 11) is 1.47. The van der Waals surface area contributed by atoms with E-state index in [4.69, 9.17) is 4.74 Å². The number of ether oxygens (including phenoxy) is 1. The van der Waals surface area contributed by atoms with Crippen molar-refractivity contribution in [2.75, 3.05) is 7.11 Å². The minimum Gasteiger partial charge on any atom is -0.469 e. The molecule has 0 spiro atoms. The molecule has 2 atom stereocenters. The molecule has 0 aromatic rings. The number of hydrogen-bond acceptors (Lipinski definition) is 2. The van der Waals surface area contributed by atoms with Crippen LogP contribution in [-0.2, 0) is 9.53 Å². The predicted octanol–water partition coefficient (Wildman–Crippen LogP) is 2.54. The van der Waals surface area contributed by atoms with E-state index in [0.717, 1.165) is 25.7 Å². The quantitative estimate of drug-likeness (QED) is 0.495. The number of esters is 1. The Balaban J connectivity index is 2.74. The van der Waals surface area contributed by atoms with Crippen molar-refractivity contribution >= 4 is 5.97 Å². The summed E-state index contributed by atoms with van der Waals surface area (Å²) in [5.41, 5.74) is -0.261. The van der Waals surface area contributed by atoms with Gasteiger partial charge in [-0.05, 0) is 32.1 Å². The standard InChI is InChI=1S/C11H18O2/c1-4-6-9-7-5-8-11(9,2)10(12)13-3/h4,9H,1,5-8H2,2-3H3/t9-,11+/m1/s1. The molecule has 0 aromatic heterocycles. The number of carbonyl (C=O) groups is 1. The molecular formula is C11H18O2. The topological polar surface area (TPSA) is 26.3 Å². The van der Waals surface area contributed by atoms with Gasteiger partial charge in [-0.1, -0.05) is 12.5 Å². The van der Waals surface area contributed by atoms with Crippen LogP contribution in [0.1, 0.15) is 32.6 Å². The molecule has 1 saturated carbocycles. The zero-order valence-corrected chi connectivity index (χ0v) is 8.51. The fraction of sp³-hybridized carbons (Fsp3) is 0.727. The number of rotatable bonds is 3. The van der Waals surface area contributed by atoms with Gasteiger partial charge in [0.1, 0.15) is 0 Å². The summed E-state index contributed by atoms with van der Waals surface area (Å²) in [6.45, 7) is 5.74. The molecule has 0 aliphatic heterocycles. The molecule has 13 heavy (non-hydrogen) atoms. The van der Waals surface area contributed by atoms with Crippen LogP contribution < -0.4 is 0 Å². The number of methoxy groups -OCH3 is 1. The second-order valence-corrected chi connectivity index (χ2v) is 4.02. The predicted molar refractivity (Wildman–Crippen MR) is 52.3 cm³/mol. The molecule has 74 valence electrons. The van der Waals surface area contributed by atoms with Crippen LogP contribution in [0.3, 0.4) is 0 Å². The van der Waals surface area contributed by atoms with E-state index in [1.165, 1.54) is 7.11 Å². The van der Waals surface area contributed by atoms with Gasteiger partial charge in [-0.3, -0.25) is 4.79 Å². The van der Waals surface area contributed by atoms with E-state index in [1.54, 1.807) is 0 Å². The molecule has 0 radical (unpaired) electrons. The smallest absolute Gasteiger partial charge is 0.311 e. The summed E-state index contributed by atoms with van der Waals surface area (Å²) in [6.07, 6.45) is 6.03. The average Bonchev–Trinajstić information content (AvgIpc) is 2.49. The lowest BCUT2D eigenvalue weighted by atomic mass is 9.78. The Morgan fingerprint density at radius 1 is 1.77 bits per heavy atom. The lowest BCUT2D eigenvalue weighted by Crippen LogP contribution is -2.32. The van der Waals surface area contributed by atoms with Crippen LogP contribution in [-0.4, -0.2) is 13.1 Å². The zero-order chi connectivity index (χ0) is 9.90. The Morgan fingerprint density at radius 3 is 3.00 bits per heavy atom. The number of allylic oxidation sites excluding steroid dienone is 1. The lowest BCUT2D eigenvalue weighted by Gasteiger charge is -2.27. The molecule has 0 amide bonds. The number of hydrogen-bond donors (Lipinski definition) is 0. The van der Waals surface area contributed by atoms with Crippen LogP contribution in [0.2, 0.25) is 0 Å². The average molecular weight is 182 g/mol. The first kappa shape index (κ1) is 10.3. The summed E-state index contributed by atoms with van der Waals surface area (Å²) < 4.78 is 4.84. The van der Waals surface area contributed by atoms with Gasteiger partial charge in [0, 0.05) is 0 Å². The van der Waals surface area contributed by atoms with Crippen LogP contribution in [0.15, 0.2) is 12.7 Å². The highest BCUT2D eigenvalue weighted by atomic mass is 16.5. The minimum absolute atomic E-state index is 0.0585. The first-order valence-corrected chi connectivity index (χ1v) is 4.84. The summed E-state index contributed by atoms with van der Waals surface area (Å²) in [4.78, 5) is 11.6. The largest absolute Gasteiger partial charge is 0.469 e. The molecule has 0 bridgehead atoms. The maximum Gasteiger partial charge on any atom is 0.311 e. The van der Waals surface area contributed by atoms with Crippen LogP contribution in [0, 0.1) is 11.3 Å². The lowest BCUT2D eigenvalue weighted by molar-refractivity contribution is -0.153. The van der Waals surface area contributed by atoms with E-state index in [2.05, 4.69) is 6.58 Å². The molecule has 1 aliphatic rings. The Morgan fingerprint density at radius 2 is 2.46 bits per heavy atom. The zero-order valence-electron chi connectivity index (χ0n) is 8.51. The molecule has 2 heteroatoms. The van der Waals surface area contributed by atoms with Gasteiger partial charge in [-0.2, -0.15) is 0 Å². The van der Waals surface area contributed by atoms with Crippen LogP contribution in [0.4, 0.5) is 0 Å². The third-order valence-corrected chi connectivity index (χ3v) is 3.25. The Bertz CT molecular complexity index is 210. The highest BCUT2D eigenvalue weighted by molar-refractivity contribution is 5.77. The maximum atomic E-state index is 11.6. The van der Waals surface area contributed by atoms with Crippen molar-refractivity contribution < 1.29 is 9.53 Å². The first-order chi connectivity index (χ1) is 6.15. The Hall–Kier alpha value is -0.790. The van der Waals surface area contributed by atoms with Crippen molar-refractivity contribution in [1.29, 1.82) is 0 Å². The molecule has 1 fully saturated rings. The van der Waals surface area contributed by atoms with Crippen molar-refractivity contribution in [2.24, 2.45) is 11.3 Å².